The lowest BCUT2D eigenvalue weighted by Crippen LogP contribution is -2.05. The largest absolute Gasteiger partial charge is 0.366 e. The number of aromatic nitrogens is 2. The van der Waals surface area contributed by atoms with Crippen molar-refractivity contribution in [2.45, 2.75) is 27.3 Å². The predicted octanol–water partition coefficient (Wildman–Crippen LogP) is 3.67. The van der Waals surface area contributed by atoms with E-state index in [0.29, 0.717) is 11.0 Å². The first-order chi connectivity index (χ1) is 8.56. The van der Waals surface area contributed by atoms with Gasteiger partial charge < -0.3 is 5.32 Å². The molecule has 0 unspecified atom stereocenters. The minimum absolute atomic E-state index is 0.508. The third-order valence-electron chi connectivity index (χ3n) is 2.78. The Labute approximate surface area is 112 Å². The van der Waals surface area contributed by atoms with E-state index in [4.69, 9.17) is 11.6 Å². The van der Waals surface area contributed by atoms with Crippen LogP contribution in [0.25, 0.3) is 0 Å². The van der Waals surface area contributed by atoms with Crippen LogP contribution in [0.4, 0.5) is 5.82 Å². The molecule has 0 saturated heterocycles. The average Bonchev–Trinajstić information content (AvgIpc) is 2.34. The highest BCUT2D eigenvalue weighted by atomic mass is 35.5. The van der Waals surface area contributed by atoms with Gasteiger partial charge in [-0.25, -0.2) is 9.97 Å². The van der Waals surface area contributed by atoms with Crippen LogP contribution in [0, 0.1) is 20.8 Å². The molecule has 0 aliphatic heterocycles. The maximum atomic E-state index is 6.03. The Morgan fingerprint density at radius 2 is 1.72 bits per heavy atom. The Kier molecular flexibility index (Phi) is 3.82. The number of nitrogens with zero attached hydrogens (tertiary/aromatic N) is 2. The molecule has 0 amide bonds. The van der Waals surface area contributed by atoms with Gasteiger partial charge in [-0.15, -0.1) is 0 Å². The van der Waals surface area contributed by atoms with E-state index in [1.54, 1.807) is 0 Å². The summed E-state index contributed by atoms with van der Waals surface area (Å²) in [6, 6.07) is 8.41. The maximum Gasteiger partial charge on any atom is 0.137 e. The molecule has 0 radical (unpaired) electrons. The first-order valence-electron chi connectivity index (χ1n) is 5.86. The molecule has 0 bridgehead atoms. The molecule has 94 valence electrons. The van der Waals surface area contributed by atoms with E-state index < -0.39 is 0 Å². The second-order valence-corrected chi connectivity index (χ2v) is 4.73. The van der Waals surface area contributed by atoms with Crippen LogP contribution in [-0.4, -0.2) is 9.97 Å². The topological polar surface area (TPSA) is 37.8 Å². The zero-order chi connectivity index (χ0) is 13.1. The minimum atomic E-state index is 0.508. The van der Waals surface area contributed by atoms with E-state index >= 15 is 0 Å². The summed E-state index contributed by atoms with van der Waals surface area (Å²) in [5, 5.41) is 3.80. The molecule has 2 rings (SSSR count). The van der Waals surface area contributed by atoms with Crippen LogP contribution in [0.3, 0.4) is 0 Å². The van der Waals surface area contributed by atoms with Crippen molar-refractivity contribution < 1.29 is 0 Å². The lowest BCUT2D eigenvalue weighted by molar-refractivity contribution is 1.00. The summed E-state index contributed by atoms with van der Waals surface area (Å²) >= 11 is 6.03. The Hall–Kier alpha value is -1.61. The number of hydrogen-bond donors (Lipinski definition) is 1. The highest BCUT2D eigenvalue weighted by Crippen LogP contribution is 2.20. The van der Waals surface area contributed by atoms with Gasteiger partial charge in [0.2, 0.25) is 0 Å². The Bertz CT molecular complexity index is 550. The fraction of sp³-hybridized carbons (Fsp3) is 0.286. The van der Waals surface area contributed by atoms with Crippen LogP contribution in [0.5, 0.6) is 0 Å². The first-order valence-corrected chi connectivity index (χ1v) is 6.24. The molecular formula is C14H16ClN3. The van der Waals surface area contributed by atoms with Gasteiger partial charge in [-0.2, -0.15) is 0 Å². The third-order valence-corrected chi connectivity index (χ3v) is 3.15. The van der Waals surface area contributed by atoms with Crippen molar-refractivity contribution >= 4 is 17.4 Å². The van der Waals surface area contributed by atoms with E-state index in [2.05, 4.69) is 46.5 Å². The van der Waals surface area contributed by atoms with Crippen molar-refractivity contribution in [2.75, 3.05) is 5.32 Å². The molecule has 0 saturated carbocycles. The summed E-state index contributed by atoms with van der Waals surface area (Å²) in [5.41, 5.74) is 3.36. The predicted molar refractivity (Wildman–Crippen MR) is 75.0 cm³/mol. The monoisotopic (exact) mass is 261 g/mol. The average molecular weight is 262 g/mol. The van der Waals surface area contributed by atoms with Crippen LogP contribution < -0.4 is 5.32 Å². The van der Waals surface area contributed by atoms with Crippen molar-refractivity contribution in [1.82, 2.24) is 9.97 Å². The van der Waals surface area contributed by atoms with Crippen LogP contribution in [0.1, 0.15) is 22.5 Å². The van der Waals surface area contributed by atoms with Gasteiger partial charge in [0.1, 0.15) is 16.8 Å². The van der Waals surface area contributed by atoms with E-state index in [-0.39, 0.29) is 0 Å². The zero-order valence-corrected chi connectivity index (χ0v) is 11.5. The Morgan fingerprint density at radius 1 is 1.06 bits per heavy atom. The lowest BCUT2D eigenvalue weighted by Gasteiger charge is -2.10. The van der Waals surface area contributed by atoms with Crippen molar-refractivity contribution in [3.8, 4) is 0 Å². The molecule has 1 aromatic carbocycles. The van der Waals surface area contributed by atoms with E-state index in [1.165, 1.54) is 11.1 Å². The number of rotatable bonds is 3. The Morgan fingerprint density at radius 3 is 2.39 bits per heavy atom. The molecule has 2 aromatic rings. The molecule has 0 spiro atoms. The maximum absolute atomic E-state index is 6.03. The first kappa shape index (κ1) is 12.8. The minimum Gasteiger partial charge on any atom is -0.366 e. The molecule has 3 nitrogen and oxygen atoms in total. The molecule has 4 heteroatoms. The normalized spacial score (nSPS) is 10.4. The van der Waals surface area contributed by atoms with Gasteiger partial charge in [-0.05, 0) is 26.3 Å². The molecule has 0 fully saturated rings. The SMILES string of the molecule is Cc1ccc(CNc2nc(C)nc(Cl)c2C)cc1. The zero-order valence-electron chi connectivity index (χ0n) is 10.8. The van der Waals surface area contributed by atoms with Gasteiger partial charge in [-0.1, -0.05) is 41.4 Å². The number of nitrogens with one attached hydrogen (secondary N) is 1. The van der Waals surface area contributed by atoms with Crippen LogP contribution in [0.15, 0.2) is 24.3 Å². The van der Waals surface area contributed by atoms with Crippen molar-refractivity contribution in [2.24, 2.45) is 0 Å². The quantitative estimate of drug-likeness (QED) is 0.857. The van der Waals surface area contributed by atoms with E-state index in [9.17, 15) is 0 Å². The molecule has 1 aromatic heterocycles. The third kappa shape index (κ3) is 2.99. The number of hydrogen-bond acceptors (Lipinski definition) is 3. The molecule has 0 aliphatic carbocycles. The summed E-state index contributed by atoms with van der Waals surface area (Å²) in [6.07, 6.45) is 0. The molecule has 0 atom stereocenters. The number of halogens is 1. The van der Waals surface area contributed by atoms with Crippen molar-refractivity contribution in [1.29, 1.82) is 0 Å². The molecular weight excluding hydrogens is 246 g/mol. The summed E-state index contributed by atoms with van der Waals surface area (Å²) in [6.45, 7) is 6.56. The second kappa shape index (κ2) is 5.36. The highest BCUT2D eigenvalue weighted by molar-refractivity contribution is 6.30. The lowest BCUT2D eigenvalue weighted by atomic mass is 10.1. The van der Waals surface area contributed by atoms with Crippen LogP contribution in [-0.2, 0) is 6.54 Å². The van der Waals surface area contributed by atoms with Gasteiger partial charge in [0.15, 0.2) is 0 Å². The van der Waals surface area contributed by atoms with Gasteiger partial charge in [0.25, 0.3) is 0 Å². The van der Waals surface area contributed by atoms with Gasteiger partial charge in [0, 0.05) is 12.1 Å². The van der Waals surface area contributed by atoms with Gasteiger partial charge in [0.05, 0.1) is 0 Å². The van der Waals surface area contributed by atoms with Crippen LogP contribution in [0.2, 0.25) is 5.15 Å². The fourth-order valence-corrected chi connectivity index (χ4v) is 1.87. The summed E-state index contributed by atoms with van der Waals surface area (Å²) in [4.78, 5) is 8.47. The summed E-state index contributed by atoms with van der Waals surface area (Å²) in [7, 11) is 0. The van der Waals surface area contributed by atoms with Crippen molar-refractivity contribution in [3.63, 3.8) is 0 Å². The molecule has 0 aliphatic rings. The molecule has 18 heavy (non-hydrogen) atoms. The number of anilines is 1. The van der Waals surface area contributed by atoms with Crippen molar-refractivity contribution in [3.05, 3.63) is 51.9 Å². The van der Waals surface area contributed by atoms with Crippen LogP contribution >= 0.6 is 11.6 Å². The Balaban J connectivity index is 2.13. The number of aryl methyl sites for hydroxylation is 2. The smallest absolute Gasteiger partial charge is 0.137 e. The van der Waals surface area contributed by atoms with Gasteiger partial charge in [-0.3, -0.25) is 0 Å². The number of benzene rings is 1. The van der Waals surface area contributed by atoms with E-state index in [1.807, 2.05) is 13.8 Å². The molecule has 1 N–H and O–H groups in total. The fourth-order valence-electron chi connectivity index (χ4n) is 1.66. The van der Waals surface area contributed by atoms with E-state index in [0.717, 1.165) is 17.9 Å². The second-order valence-electron chi connectivity index (χ2n) is 4.37. The summed E-state index contributed by atoms with van der Waals surface area (Å²) in [5.74, 6) is 1.48. The van der Waals surface area contributed by atoms with Gasteiger partial charge >= 0.3 is 0 Å². The standard InChI is InChI=1S/C14H16ClN3/c1-9-4-6-12(7-5-9)8-16-14-10(2)13(15)17-11(3)18-14/h4-7H,8H2,1-3H3,(H,16,17,18). The molecule has 1 heterocycles. The summed E-state index contributed by atoms with van der Waals surface area (Å²) < 4.78 is 0. The highest BCUT2D eigenvalue weighted by Gasteiger charge is 2.06.